The number of fused-ring (bicyclic) bond motifs is 2. The highest BCUT2D eigenvalue weighted by molar-refractivity contribution is 7.85. The van der Waals surface area contributed by atoms with Crippen molar-refractivity contribution in [1.82, 2.24) is 10.1 Å². The normalized spacial score (nSPS) is 19.1. The number of allylic oxidation sites excluding steroid dienone is 6. The lowest BCUT2D eigenvalue weighted by atomic mass is 9.76. The van der Waals surface area contributed by atoms with Crippen molar-refractivity contribution in [2.24, 2.45) is 4.99 Å². The molecule has 3 amide bonds. The number of unbranched alkanes of at least 4 members (excludes halogenated alkanes) is 1. The number of pyridine rings is 1. The highest BCUT2D eigenvalue weighted by atomic mass is 32.2. The molecular weight excluding hydrogens is 787 g/mol. The largest absolute Gasteiger partial charge is 0.363 e. The second kappa shape index (κ2) is 17.4. The van der Waals surface area contributed by atoms with Crippen LogP contribution in [0.15, 0.2) is 101 Å². The lowest BCUT2D eigenvalue weighted by Gasteiger charge is -2.30. The monoisotopic (exact) mass is 838 g/mol. The molecule has 1 atom stereocenters. The van der Waals surface area contributed by atoms with Crippen molar-refractivity contribution in [3.8, 4) is 0 Å². The van der Waals surface area contributed by atoms with Crippen molar-refractivity contribution >= 4 is 51.0 Å². The Balaban J connectivity index is 1.31. The molecule has 0 saturated carbocycles. The third kappa shape index (κ3) is 8.60. The van der Waals surface area contributed by atoms with Gasteiger partial charge >= 0.3 is 11.8 Å². The van der Waals surface area contributed by atoms with Gasteiger partial charge in [-0.05, 0) is 105 Å². The Morgan fingerprint density at radius 1 is 0.950 bits per heavy atom. The van der Waals surface area contributed by atoms with Crippen LogP contribution in [0.25, 0.3) is 0 Å². The van der Waals surface area contributed by atoms with Gasteiger partial charge in [-0.1, -0.05) is 50.6 Å². The maximum atomic E-state index is 13.1. The second-order valence-corrected chi connectivity index (χ2v) is 17.3. The van der Waals surface area contributed by atoms with Crippen LogP contribution in [0.3, 0.4) is 0 Å². The molecule has 0 aliphatic carbocycles. The van der Waals surface area contributed by atoms with Crippen LogP contribution in [0.2, 0.25) is 0 Å². The predicted molar refractivity (Wildman–Crippen MR) is 225 cm³/mol. The number of aromatic nitrogens is 1. The van der Waals surface area contributed by atoms with E-state index in [0.717, 1.165) is 53.3 Å². The fraction of sp³-hybridized carbons (Fsp3) is 0.378. The maximum Gasteiger partial charge on any atom is 0.363 e. The molecule has 2 aromatic carbocycles. The minimum atomic E-state index is -4.51. The number of aryl methyl sites for hydroxylation is 1. The number of imide groups is 1. The number of carbonyl (C=O) groups excluding carboxylic acids is 4. The molecule has 316 valence electrons. The Morgan fingerprint density at radius 2 is 1.65 bits per heavy atom. The van der Waals surface area contributed by atoms with Gasteiger partial charge in [0.15, 0.2) is 5.71 Å². The molecule has 60 heavy (non-hydrogen) atoms. The van der Waals surface area contributed by atoms with E-state index in [1.807, 2.05) is 54.1 Å². The van der Waals surface area contributed by atoms with Gasteiger partial charge in [-0.2, -0.15) is 8.42 Å². The van der Waals surface area contributed by atoms with Crippen molar-refractivity contribution < 1.29 is 46.4 Å². The van der Waals surface area contributed by atoms with Gasteiger partial charge < -0.3 is 9.74 Å². The molecule has 3 aliphatic rings. The first-order valence-corrected chi connectivity index (χ1v) is 21.5. The van der Waals surface area contributed by atoms with Crippen LogP contribution in [-0.2, 0) is 53.2 Å². The number of aliphatic imine (C=N–C) groups is 1. The standard InChI is InChI=1S/C45H51N5O9S/c1-8-10-25-48-29-32(42(53)47(6)58-7)26-35-41(48)46-37(44(35,3)4)14-12-11-13-15-38-45(5,34-27-33(60(55,56)57)20-21-36(34)49(38)24-9-2)28-30-16-18-31(19-17-30)43(54)59-50-39(51)22-23-40(50)52/h11-21,26-27,29H,8-10,22-25,28H2,1-7H3/p+1. The maximum absolute atomic E-state index is 13.1. The molecule has 0 bridgehead atoms. The van der Waals surface area contributed by atoms with Crippen LogP contribution >= 0.6 is 0 Å². The summed E-state index contributed by atoms with van der Waals surface area (Å²) in [6, 6.07) is 13.2. The Hall–Kier alpha value is -5.77. The summed E-state index contributed by atoms with van der Waals surface area (Å²) in [6.07, 6.45) is 14.6. The summed E-state index contributed by atoms with van der Waals surface area (Å²) in [6.45, 7) is 11.7. The third-order valence-electron chi connectivity index (χ3n) is 11.3. The first kappa shape index (κ1) is 43.8. The van der Waals surface area contributed by atoms with Crippen molar-refractivity contribution in [3.05, 3.63) is 119 Å². The van der Waals surface area contributed by atoms with Gasteiger partial charge in [0.05, 0.1) is 40.7 Å². The minimum absolute atomic E-state index is 0.0126. The zero-order valence-electron chi connectivity index (χ0n) is 35.1. The molecule has 1 unspecified atom stereocenters. The van der Waals surface area contributed by atoms with E-state index in [2.05, 4.69) is 32.6 Å². The molecule has 6 rings (SSSR count). The molecule has 1 saturated heterocycles. The van der Waals surface area contributed by atoms with E-state index in [4.69, 9.17) is 14.7 Å². The van der Waals surface area contributed by atoms with Gasteiger partial charge in [-0.25, -0.2) is 14.4 Å². The molecular formula is C45H52N5O9S+. The summed E-state index contributed by atoms with van der Waals surface area (Å²) in [5.74, 6) is -1.41. The summed E-state index contributed by atoms with van der Waals surface area (Å²) in [7, 11) is -1.47. The number of benzene rings is 2. The van der Waals surface area contributed by atoms with Gasteiger partial charge in [0.1, 0.15) is 6.20 Å². The fourth-order valence-electron chi connectivity index (χ4n) is 7.90. The van der Waals surface area contributed by atoms with E-state index < -0.39 is 38.7 Å². The van der Waals surface area contributed by atoms with E-state index in [-0.39, 0.29) is 29.2 Å². The van der Waals surface area contributed by atoms with Crippen molar-refractivity contribution in [2.75, 3.05) is 25.6 Å². The van der Waals surface area contributed by atoms with Gasteiger partial charge in [-0.15, -0.1) is 5.06 Å². The van der Waals surface area contributed by atoms with Crippen LogP contribution in [0.1, 0.15) is 104 Å². The predicted octanol–water partition coefficient (Wildman–Crippen LogP) is 6.67. The number of carbonyl (C=O) groups is 4. The Kier molecular flexibility index (Phi) is 12.7. The average Bonchev–Trinajstić information content (AvgIpc) is 3.76. The number of hydrogen-bond acceptors (Lipinski definition) is 10. The number of hydrogen-bond donors (Lipinski definition) is 1. The van der Waals surface area contributed by atoms with Gasteiger partial charge in [0, 0.05) is 43.2 Å². The average molecular weight is 839 g/mol. The molecule has 0 spiro atoms. The molecule has 1 fully saturated rings. The zero-order valence-corrected chi connectivity index (χ0v) is 35.9. The van der Waals surface area contributed by atoms with Crippen molar-refractivity contribution in [2.45, 2.75) is 95.4 Å². The van der Waals surface area contributed by atoms with E-state index >= 15 is 0 Å². The number of rotatable bonds is 15. The smallest absolute Gasteiger partial charge is 0.344 e. The molecule has 3 aromatic rings. The molecule has 0 radical (unpaired) electrons. The van der Waals surface area contributed by atoms with Gasteiger partial charge in [-0.3, -0.25) is 23.8 Å². The van der Waals surface area contributed by atoms with E-state index in [1.165, 1.54) is 24.3 Å². The zero-order chi connectivity index (χ0) is 43.6. The summed E-state index contributed by atoms with van der Waals surface area (Å²) < 4.78 is 36.8. The summed E-state index contributed by atoms with van der Waals surface area (Å²) in [4.78, 5) is 67.2. The molecule has 4 heterocycles. The van der Waals surface area contributed by atoms with Crippen LogP contribution in [0.4, 0.5) is 11.5 Å². The van der Waals surface area contributed by atoms with Crippen LogP contribution < -0.4 is 9.47 Å². The second-order valence-electron chi connectivity index (χ2n) is 15.9. The van der Waals surface area contributed by atoms with Crippen molar-refractivity contribution in [1.29, 1.82) is 0 Å². The SMILES string of the molecule is CCCC[n+]1cc(C(=O)N(C)OC)cc2c1N=C(/C=C/C=C/C=C1/N(CCC)c3ccc(S(=O)(=O)O)cc3C1(C)Cc1ccc(C(=O)ON3C(=O)CCC3=O)cc1)C2(C)C. The number of hydroxylamine groups is 4. The lowest BCUT2D eigenvalue weighted by Crippen LogP contribution is -2.38. The first-order chi connectivity index (χ1) is 28.4. The van der Waals surface area contributed by atoms with Gasteiger partial charge in [0.25, 0.3) is 27.8 Å². The molecule has 15 heteroatoms. The summed E-state index contributed by atoms with van der Waals surface area (Å²) in [5, 5.41) is 1.71. The number of anilines is 1. The topological polar surface area (TPSA) is 167 Å². The Bertz CT molecular complexity index is 2440. The quantitative estimate of drug-likeness (QED) is 0.0575. The van der Waals surface area contributed by atoms with Gasteiger partial charge in [0.2, 0.25) is 0 Å². The number of nitrogens with zero attached hydrogens (tertiary/aromatic N) is 5. The Labute approximate surface area is 351 Å². The van der Waals surface area contributed by atoms with E-state index in [9.17, 15) is 32.1 Å². The van der Waals surface area contributed by atoms with E-state index in [1.54, 1.807) is 37.4 Å². The Morgan fingerprint density at radius 3 is 2.28 bits per heavy atom. The third-order valence-corrected chi connectivity index (χ3v) is 12.2. The molecule has 1 N–H and O–H groups in total. The van der Waals surface area contributed by atoms with E-state index in [0.29, 0.717) is 35.7 Å². The molecule has 1 aromatic heterocycles. The van der Waals surface area contributed by atoms with Crippen LogP contribution in [-0.4, -0.2) is 73.2 Å². The lowest BCUT2D eigenvalue weighted by molar-refractivity contribution is -0.684. The highest BCUT2D eigenvalue weighted by Crippen LogP contribution is 2.50. The van der Waals surface area contributed by atoms with Crippen LogP contribution in [0, 0.1) is 0 Å². The number of amides is 3. The summed E-state index contributed by atoms with van der Waals surface area (Å²) >= 11 is 0. The molecule has 14 nitrogen and oxygen atoms in total. The van der Waals surface area contributed by atoms with Crippen molar-refractivity contribution in [3.63, 3.8) is 0 Å². The van der Waals surface area contributed by atoms with Crippen LogP contribution in [0.5, 0.6) is 0 Å². The molecule has 3 aliphatic heterocycles. The fourth-order valence-corrected chi connectivity index (χ4v) is 8.41. The first-order valence-electron chi connectivity index (χ1n) is 20.1. The summed E-state index contributed by atoms with van der Waals surface area (Å²) in [5.41, 5.74) is 4.37. The minimum Gasteiger partial charge on any atom is -0.344 e. The highest BCUT2D eigenvalue weighted by Gasteiger charge is 2.45.